The molecule has 7 heteroatoms. The maximum atomic E-state index is 11.2. The highest BCUT2D eigenvalue weighted by molar-refractivity contribution is 5.76. The molecule has 0 aromatic heterocycles. The van der Waals surface area contributed by atoms with Crippen molar-refractivity contribution >= 4 is 5.97 Å². The van der Waals surface area contributed by atoms with Gasteiger partial charge in [-0.05, 0) is 36.1 Å². The lowest BCUT2D eigenvalue weighted by atomic mass is 10.00. The van der Waals surface area contributed by atoms with Crippen LogP contribution in [0.25, 0.3) is 10.4 Å². The van der Waals surface area contributed by atoms with Gasteiger partial charge in [-0.25, -0.2) is 0 Å². The molecule has 0 saturated carbocycles. The van der Waals surface area contributed by atoms with Crippen LogP contribution >= 0.6 is 0 Å². The number of azide groups is 1. The van der Waals surface area contributed by atoms with Gasteiger partial charge in [0.1, 0.15) is 11.8 Å². The Labute approximate surface area is 110 Å². The molecule has 0 aliphatic rings. The van der Waals surface area contributed by atoms with Gasteiger partial charge in [-0.3, -0.25) is 4.79 Å². The highest BCUT2D eigenvalue weighted by atomic mass is 16.4. The first kappa shape index (κ1) is 14.8. The summed E-state index contributed by atoms with van der Waals surface area (Å²) in [4.78, 5) is 13.8. The highest BCUT2D eigenvalue weighted by Crippen LogP contribution is 2.26. The topological polar surface area (TPSA) is 118 Å². The first-order valence-corrected chi connectivity index (χ1v) is 5.74. The van der Waals surface area contributed by atoms with E-state index in [0.717, 1.165) is 0 Å². The number of nitrogens with zero attached hydrogens (tertiary/aromatic N) is 3. The Morgan fingerprint density at radius 2 is 2.05 bits per heavy atom. The zero-order valence-electron chi connectivity index (χ0n) is 10.8. The second kappa shape index (κ2) is 6.63. The summed E-state index contributed by atoms with van der Waals surface area (Å²) in [5, 5.41) is 25.0. The molecule has 0 heterocycles. The van der Waals surface area contributed by atoms with Crippen molar-refractivity contribution in [1.82, 2.24) is 5.32 Å². The van der Waals surface area contributed by atoms with E-state index in [9.17, 15) is 15.0 Å². The smallest absolute Gasteiger partial charge is 0.325 e. The largest absolute Gasteiger partial charge is 0.507 e. The number of aromatic hydroxyl groups is 1. The van der Waals surface area contributed by atoms with E-state index in [0.29, 0.717) is 16.7 Å². The quantitative estimate of drug-likeness (QED) is 0.315. The average Bonchev–Trinajstić information content (AvgIpc) is 2.35. The number of carbonyl (C=O) groups is 1. The Morgan fingerprint density at radius 1 is 1.47 bits per heavy atom. The Morgan fingerprint density at radius 3 is 2.53 bits per heavy atom. The standard InChI is InChI=1S/C12H16N4O3/c1-7-5-9(6-8(2)11(7)17)10(12(18)19)14-3-4-15-16-13/h5-6,10,14,17H,3-4H2,1-2H3,(H,18,19). The van der Waals surface area contributed by atoms with Gasteiger partial charge in [0.15, 0.2) is 0 Å². The fourth-order valence-corrected chi connectivity index (χ4v) is 1.81. The predicted octanol–water partition coefficient (Wildman–Crippen LogP) is 2.03. The average molecular weight is 264 g/mol. The molecular formula is C12H16N4O3. The van der Waals surface area contributed by atoms with Gasteiger partial charge in [0, 0.05) is 18.0 Å². The molecule has 102 valence electrons. The van der Waals surface area contributed by atoms with Crippen LogP contribution in [-0.4, -0.2) is 29.3 Å². The zero-order valence-corrected chi connectivity index (χ0v) is 10.8. The maximum Gasteiger partial charge on any atom is 0.325 e. The van der Waals surface area contributed by atoms with E-state index in [-0.39, 0.29) is 18.8 Å². The third-order valence-electron chi connectivity index (χ3n) is 2.72. The van der Waals surface area contributed by atoms with Gasteiger partial charge in [-0.2, -0.15) is 0 Å². The SMILES string of the molecule is Cc1cc(C(NCCN=[N+]=[N-])C(=O)O)cc(C)c1O. The second-order valence-electron chi connectivity index (χ2n) is 4.18. The number of carboxylic acids is 1. The molecule has 0 spiro atoms. The van der Waals surface area contributed by atoms with Gasteiger partial charge < -0.3 is 15.5 Å². The van der Waals surface area contributed by atoms with Crippen LogP contribution in [0.1, 0.15) is 22.7 Å². The van der Waals surface area contributed by atoms with E-state index in [2.05, 4.69) is 15.3 Å². The minimum atomic E-state index is -1.02. The number of nitrogens with one attached hydrogen (secondary N) is 1. The van der Waals surface area contributed by atoms with Crippen LogP contribution in [0.15, 0.2) is 17.2 Å². The van der Waals surface area contributed by atoms with Crippen LogP contribution in [0.3, 0.4) is 0 Å². The summed E-state index contributed by atoms with van der Waals surface area (Å²) < 4.78 is 0. The van der Waals surface area contributed by atoms with E-state index < -0.39 is 12.0 Å². The molecule has 0 radical (unpaired) electrons. The van der Waals surface area contributed by atoms with E-state index in [1.807, 2.05) is 0 Å². The molecule has 7 nitrogen and oxygen atoms in total. The van der Waals surface area contributed by atoms with Crippen molar-refractivity contribution in [3.05, 3.63) is 39.3 Å². The summed E-state index contributed by atoms with van der Waals surface area (Å²) >= 11 is 0. The highest BCUT2D eigenvalue weighted by Gasteiger charge is 2.20. The van der Waals surface area contributed by atoms with Crippen molar-refractivity contribution in [2.45, 2.75) is 19.9 Å². The van der Waals surface area contributed by atoms with Gasteiger partial charge in [-0.15, -0.1) is 0 Å². The summed E-state index contributed by atoms with van der Waals surface area (Å²) in [5.74, 6) is -0.854. The number of aryl methyl sites for hydroxylation is 2. The molecule has 0 aliphatic heterocycles. The Balaban J connectivity index is 2.93. The lowest BCUT2D eigenvalue weighted by Crippen LogP contribution is -2.30. The van der Waals surface area contributed by atoms with Crippen molar-refractivity contribution in [1.29, 1.82) is 0 Å². The number of phenols is 1. The minimum Gasteiger partial charge on any atom is -0.507 e. The van der Waals surface area contributed by atoms with Crippen molar-refractivity contribution in [2.24, 2.45) is 5.11 Å². The molecule has 1 rings (SSSR count). The fourth-order valence-electron chi connectivity index (χ4n) is 1.81. The van der Waals surface area contributed by atoms with Crippen molar-refractivity contribution in [3.63, 3.8) is 0 Å². The van der Waals surface area contributed by atoms with Crippen LogP contribution < -0.4 is 5.32 Å². The van der Waals surface area contributed by atoms with Gasteiger partial charge in [0.2, 0.25) is 0 Å². The molecule has 3 N–H and O–H groups in total. The minimum absolute atomic E-state index is 0.168. The van der Waals surface area contributed by atoms with E-state index in [4.69, 9.17) is 5.53 Å². The second-order valence-corrected chi connectivity index (χ2v) is 4.18. The molecule has 19 heavy (non-hydrogen) atoms. The number of rotatable bonds is 6. The van der Waals surface area contributed by atoms with E-state index in [1.165, 1.54) is 0 Å². The summed E-state index contributed by atoms with van der Waals surface area (Å²) in [6, 6.07) is 2.36. The maximum absolute atomic E-state index is 11.2. The predicted molar refractivity (Wildman–Crippen MR) is 70.0 cm³/mol. The lowest BCUT2D eigenvalue weighted by molar-refractivity contribution is -0.139. The number of carboxylic acid groups (broad SMARTS) is 1. The molecule has 1 unspecified atom stereocenters. The number of phenolic OH excluding ortho intramolecular Hbond substituents is 1. The van der Waals surface area contributed by atoms with E-state index in [1.54, 1.807) is 26.0 Å². The lowest BCUT2D eigenvalue weighted by Gasteiger charge is -2.16. The molecule has 1 atom stereocenters. The van der Waals surface area contributed by atoms with Crippen LogP contribution in [0.4, 0.5) is 0 Å². The third-order valence-corrected chi connectivity index (χ3v) is 2.72. The normalized spacial score (nSPS) is 11.7. The third kappa shape index (κ3) is 3.87. The molecule has 0 amide bonds. The number of hydrogen-bond acceptors (Lipinski definition) is 4. The van der Waals surface area contributed by atoms with Crippen LogP contribution in [0.5, 0.6) is 5.75 Å². The molecule has 0 saturated heterocycles. The first-order chi connectivity index (χ1) is 8.97. The number of aliphatic carboxylic acids is 1. The Bertz CT molecular complexity index is 501. The van der Waals surface area contributed by atoms with Crippen LogP contribution in [0.2, 0.25) is 0 Å². The molecular weight excluding hydrogens is 248 g/mol. The first-order valence-electron chi connectivity index (χ1n) is 5.74. The van der Waals surface area contributed by atoms with Gasteiger partial charge in [-0.1, -0.05) is 17.2 Å². The Hall–Kier alpha value is -2.24. The summed E-state index contributed by atoms with van der Waals surface area (Å²) in [6.07, 6.45) is 0. The molecule has 1 aromatic carbocycles. The van der Waals surface area contributed by atoms with Gasteiger partial charge in [0.05, 0.1) is 0 Å². The zero-order chi connectivity index (χ0) is 14.4. The summed E-state index contributed by atoms with van der Waals surface area (Å²) in [6.45, 7) is 3.87. The molecule has 0 aliphatic carbocycles. The van der Waals surface area contributed by atoms with Crippen molar-refractivity contribution in [2.75, 3.05) is 13.1 Å². The van der Waals surface area contributed by atoms with Crippen LogP contribution in [-0.2, 0) is 4.79 Å². The molecule has 1 aromatic rings. The summed E-state index contributed by atoms with van der Waals surface area (Å²) in [7, 11) is 0. The number of hydrogen-bond donors (Lipinski definition) is 3. The fraction of sp³-hybridized carbons (Fsp3) is 0.417. The van der Waals surface area contributed by atoms with Crippen molar-refractivity contribution < 1.29 is 15.0 Å². The Kier molecular flexibility index (Phi) is 5.17. The molecule has 0 bridgehead atoms. The number of benzene rings is 1. The van der Waals surface area contributed by atoms with Gasteiger partial charge in [0.25, 0.3) is 0 Å². The van der Waals surface area contributed by atoms with Gasteiger partial charge >= 0.3 is 5.97 Å². The van der Waals surface area contributed by atoms with Crippen LogP contribution in [0, 0.1) is 13.8 Å². The summed E-state index contributed by atoms with van der Waals surface area (Å²) in [5.41, 5.74) is 9.95. The molecule has 0 fully saturated rings. The van der Waals surface area contributed by atoms with E-state index >= 15 is 0 Å². The van der Waals surface area contributed by atoms with Crippen molar-refractivity contribution in [3.8, 4) is 5.75 Å². The monoisotopic (exact) mass is 264 g/mol.